The molecule has 0 saturated carbocycles. The highest BCUT2D eigenvalue weighted by Gasteiger charge is 2.31. The minimum atomic E-state index is -0.0611. The Morgan fingerprint density at radius 3 is 2.75 bits per heavy atom. The molecule has 5 heteroatoms. The van der Waals surface area contributed by atoms with Gasteiger partial charge in [0, 0.05) is 31.1 Å². The number of benzene rings is 1. The SMILES string of the molecule is CC1CCN1c1nc(CCc2ccccc2)nc2c1CCNC2=O. The van der Waals surface area contributed by atoms with Gasteiger partial charge >= 0.3 is 0 Å². The fraction of sp³-hybridized carbons (Fsp3) is 0.421. The van der Waals surface area contributed by atoms with Gasteiger partial charge in [0.05, 0.1) is 0 Å². The number of nitrogens with zero attached hydrogens (tertiary/aromatic N) is 3. The van der Waals surface area contributed by atoms with Crippen molar-refractivity contribution in [1.82, 2.24) is 15.3 Å². The Labute approximate surface area is 142 Å². The second-order valence-electron chi connectivity index (χ2n) is 6.61. The van der Waals surface area contributed by atoms with Gasteiger partial charge in [-0.05, 0) is 31.7 Å². The van der Waals surface area contributed by atoms with Gasteiger partial charge < -0.3 is 10.2 Å². The number of carbonyl (C=O) groups excluding carboxylic acids is 1. The number of aryl methyl sites for hydroxylation is 2. The van der Waals surface area contributed by atoms with Crippen LogP contribution < -0.4 is 10.2 Å². The number of rotatable bonds is 4. The number of anilines is 1. The topological polar surface area (TPSA) is 58.1 Å². The van der Waals surface area contributed by atoms with E-state index in [0.717, 1.165) is 43.0 Å². The molecular formula is C19H22N4O. The summed E-state index contributed by atoms with van der Waals surface area (Å²) in [6, 6.07) is 10.8. The third kappa shape index (κ3) is 2.75. The smallest absolute Gasteiger partial charge is 0.270 e. The van der Waals surface area contributed by atoms with E-state index in [1.165, 1.54) is 12.0 Å². The maximum absolute atomic E-state index is 12.3. The Hall–Kier alpha value is -2.43. The van der Waals surface area contributed by atoms with Crippen LogP contribution in [0.4, 0.5) is 5.82 Å². The van der Waals surface area contributed by atoms with Gasteiger partial charge in [-0.1, -0.05) is 30.3 Å². The summed E-state index contributed by atoms with van der Waals surface area (Å²) in [4.78, 5) is 24.0. The Morgan fingerprint density at radius 2 is 2.04 bits per heavy atom. The molecule has 1 aromatic heterocycles. The first-order valence-corrected chi connectivity index (χ1v) is 8.71. The Bertz CT molecular complexity index is 759. The fourth-order valence-electron chi connectivity index (χ4n) is 3.40. The highest BCUT2D eigenvalue weighted by Crippen LogP contribution is 2.30. The molecule has 2 aliphatic heterocycles. The standard InChI is InChI=1S/C19H22N4O/c1-13-10-12-23(13)18-15-9-11-20-19(24)17(15)21-16(22-18)8-7-14-5-3-2-4-6-14/h2-6,13H,7-12H2,1H3,(H,20,24). The van der Waals surface area contributed by atoms with Crippen LogP contribution in [0.25, 0.3) is 0 Å². The van der Waals surface area contributed by atoms with Crippen LogP contribution in [-0.4, -0.2) is 35.0 Å². The average Bonchev–Trinajstić information content (AvgIpc) is 2.60. The highest BCUT2D eigenvalue weighted by molar-refractivity contribution is 5.96. The van der Waals surface area contributed by atoms with E-state index < -0.39 is 0 Å². The third-order valence-electron chi connectivity index (χ3n) is 4.98. The van der Waals surface area contributed by atoms with Crippen LogP contribution in [0.1, 0.15) is 40.8 Å². The van der Waals surface area contributed by atoms with E-state index in [-0.39, 0.29) is 5.91 Å². The molecule has 0 aliphatic carbocycles. The molecule has 1 unspecified atom stereocenters. The van der Waals surface area contributed by atoms with Crippen LogP contribution in [0.15, 0.2) is 30.3 Å². The monoisotopic (exact) mass is 322 g/mol. The third-order valence-corrected chi connectivity index (χ3v) is 4.98. The quantitative estimate of drug-likeness (QED) is 0.937. The number of fused-ring (bicyclic) bond motifs is 1. The maximum Gasteiger partial charge on any atom is 0.270 e. The number of amides is 1. The highest BCUT2D eigenvalue weighted by atomic mass is 16.1. The van der Waals surface area contributed by atoms with Crippen LogP contribution in [0.5, 0.6) is 0 Å². The van der Waals surface area contributed by atoms with Crippen molar-refractivity contribution >= 4 is 11.7 Å². The van der Waals surface area contributed by atoms with E-state index in [9.17, 15) is 4.79 Å². The predicted molar refractivity (Wildman–Crippen MR) is 93.3 cm³/mol. The van der Waals surface area contributed by atoms with Crippen molar-refractivity contribution in [3.63, 3.8) is 0 Å². The summed E-state index contributed by atoms with van der Waals surface area (Å²) in [6.07, 6.45) is 3.64. The van der Waals surface area contributed by atoms with Crippen LogP contribution >= 0.6 is 0 Å². The largest absolute Gasteiger partial charge is 0.353 e. The van der Waals surface area contributed by atoms with Crippen LogP contribution in [0, 0.1) is 0 Å². The molecule has 0 bridgehead atoms. The van der Waals surface area contributed by atoms with Gasteiger partial charge in [0.15, 0.2) is 0 Å². The van der Waals surface area contributed by atoms with Gasteiger partial charge in [-0.2, -0.15) is 0 Å². The number of aromatic nitrogens is 2. The lowest BCUT2D eigenvalue weighted by Crippen LogP contribution is -2.48. The van der Waals surface area contributed by atoms with Crippen molar-refractivity contribution in [3.8, 4) is 0 Å². The Balaban J connectivity index is 1.65. The van der Waals surface area contributed by atoms with Crippen molar-refractivity contribution in [2.24, 2.45) is 0 Å². The molecule has 1 aromatic carbocycles. The second kappa shape index (κ2) is 6.23. The molecule has 5 nitrogen and oxygen atoms in total. The van der Waals surface area contributed by atoms with Crippen molar-refractivity contribution < 1.29 is 4.79 Å². The summed E-state index contributed by atoms with van der Waals surface area (Å²) in [5.41, 5.74) is 2.87. The van der Waals surface area contributed by atoms with Crippen molar-refractivity contribution in [2.75, 3.05) is 18.0 Å². The van der Waals surface area contributed by atoms with Crippen LogP contribution in [0.2, 0.25) is 0 Å². The van der Waals surface area contributed by atoms with E-state index in [2.05, 4.69) is 34.3 Å². The molecule has 1 amide bonds. The molecule has 3 heterocycles. The molecule has 1 N–H and O–H groups in total. The minimum Gasteiger partial charge on any atom is -0.353 e. The first-order valence-electron chi connectivity index (χ1n) is 8.71. The summed E-state index contributed by atoms with van der Waals surface area (Å²) in [6.45, 7) is 3.91. The molecule has 1 fully saturated rings. The average molecular weight is 322 g/mol. The summed E-state index contributed by atoms with van der Waals surface area (Å²) >= 11 is 0. The van der Waals surface area contributed by atoms with Gasteiger partial charge in [0.2, 0.25) is 0 Å². The minimum absolute atomic E-state index is 0.0611. The molecule has 4 rings (SSSR count). The number of hydrogen-bond acceptors (Lipinski definition) is 4. The van der Waals surface area contributed by atoms with Crippen molar-refractivity contribution in [1.29, 1.82) is 0 Å². The summed E-state index contributed by atoms with van der Waals surface area (Å²) in [5, 5.41) is 2.90. The van der Waals surface area contributed by atoms with E-state index in [1.54, 1.807) is 0 Å². The number of nitrogens with one attached hydrogen (secondary N) is 1. The van der Waals surface area contributed by atoms with E-state index >= 15 is 0 Å². The van der Waals surface area contributed by atoms with E-state index in [4.69, 9.17) is 4.98 Å². The van der Waals surface area contributed by atoms with Gasteiger partial charge in [0.25, 0.3) is 5.91 Å². The molecule has 2 aromatic rings. The lowest BCUT2D eigenvalue weighted by Gasteiger charge is -2.41. The normalized spacial score (nSPS) is 19.5. The molecule has 1 saturated heterocycles. The molecule has 0 radical (unpaired) electrons. The lowest BCUT2D eigenvalue weighted by molar-refractivity contribution is 0.0940. The summed E-state index contributed by atoms with van der Waals surface area (Å²) in [5.74, 6) is 1.69. The van der Waals surface area contributed by atoms with Crippen molar-refractivity contribution in [3.05, 3.63) is 53.0 Å². The summed E-state index contributed by atoms with van der Waals surface area (Å²) in [7, 11) is 0. The fourth-order valence-corrected chi connectivity index (χ4v) is 3.40. The first kappa shape index (κ1) is 15.1. The van der Waals surface area contributed by atoms with Gasteiger partial charge in [0.1, 0.15) is 17.3 Å². The van der Waals surface area contributed by atoms with E-state index in [1.807, 2.05) is 18.2 Å². The van der Waals surface area contributed by atoms with Gasteiger partial charge in [-0.3, -0.25) is 4.79 Å². The molecule has 24 heavy (non-hydrogen) atoms. The van der Waals surface area contributed by atoms with Crippen LogP contribution in [-0.2, 0) is 19.3 Å². The van der Waals surface area contributed by atoms with Gasteiger partial charge in [-0.25, -0.2) is 9.97 Å². The maximum atomic E-state index is 12.3. The lowest BCUT2D eigenvalue weighted by atomic mass is 10.00. The molecule has 0 spiro atoms. The van der Waals surface area contributed by atoms with Crippen molar-refractivity contribution in [2.45, 2.75) is 38.6 Å². The number of hydrogen-bond donors (Lipinski definition) is 1. The first-order chi connectivity index (χ1) is 11.7. The zero-order valence-electron chi connectivity index (χ0n) is 14.0. The zero-order chi connectivity index (χ0) is 16.5. The Kier molecular flexibility index (Phi) is 3.92. The van der Waals surface area contributed by atoms with Gasteiger partial charge in [-0.15, -0.1) is 0 Å². The Morgan fingerprint density at radius 1 is 1.21 bits per heavy atom. The van der Waals surface area contributed by atoms with Crippen LogP contribution in [0.3, 0.4) is 0 Å². The number of carbonyl (C=O) groups is 1. The summed E-state index contributed by atoms with van der Waals surface area (Å²) < 4.78 is 0. The predicted octanol–water partition coefficient (Wildman–Crippen LogP) is 2.15. The molecular weight excluding hydrogens is 300 g/mol. The second-order valence-corrected chi connectivity index (χ2v) is 6.61. The molecule has 124 valence electrons. The van der Waals surface area contributed by atoms with E-state index in [0.29, 0.717) is 18.3 Å². The zero-order valence-corrected chi connectivity index (χ0v) is 14.0. The molecule has 2 aliphatic rings. The molecule has 1 atom stereocenters.